The fraction of sp³-hybridized carbons (Fsp3) is 0.154. The van der Waals surface area contributed by atoms with Crippen LogP contribution in [-0.4, -0.2) is 23.9 Å². The number of allylic oxidation sites excluding steroid dienone is 6. The Hall–Kier alpha value is -3.73. The summed E-state index contributed by atoms with van der Waals surface area (Å²) < 4.78 is 20.2. The van der Waals surface area contributed by atoms with E-state index in [2.05, 4.69) is 146 Å². The molecule has 3 nitrogen and oxygen atoms in total. The largest absolute Gasteiger partial charge is 0.386 e. The predicted molar refractivity (Wildman–Crippen MR) is 196 cm³/mol. The van der Waals surface area contributed by atoms with Gasteiger partial charge in [0.05, 0.1) is 0 Å². The number of rotatable bonds is 7. The van der Waals surface area contributed by atoms with Gasteiger partial charge in [0.2, 0.25) is 0 Å². The Bertz CT molecular complexity index is 1980. The molecular weight excluding hydrogens is 670 g/mol. The van der Waals surface area contributed by atoms with Gasteiger partial charge in [-0.2, -0.15) is 0 Å². The highest BCUT2D eigenvalue weighted by Gasteiger charge is 2.43. The molecule has 0 spiro atoms. The number of hydrogen-bond acceptors (Lipinski definition) is 2. The van der Waals surface area contributed by atoms with Gasteiger partial charge in [-0.05, 0) is 67.7 Å². The Balaban J connectivity index is 1.29. The molecule has 4 aromatic carbocycles. The molecule has 2 heterocycles. The molecule has 0 bridgehead atoms. The van der Waals surface area contributed by atoms with Crippen LogP contribution in [0.1, 0.15) is 36.0 Å². The number of fused-ring (bicyclic) bond motifs is 2. The Morgan fingerprint density at radius 3 is 2.50 bits per heavy atom. The molecule has 0 amide bonds. The van der Waals surface area contributed by atoms with Crippen LogP contribution in [0.2, 0.25) is 0 Å². The second-order valence-electron chi connectivity index (χ2n) is 11.6. The molecule has 1 N–H and O–H groups in total. The van der Waals surface area contributed by atoms with Crippen LogP contribution in [0, 0.1) is 0 Å². The van der Waals surface area contributed by atoms with Gasteiger partial charge < -0.3 is 9.88 Å². The minimum absolute atomic E-state index is 0.671. The maximum absolute atomic E-state index is 15.7. The molecule has 1 unspecified atom stereocenters. The molecule has 218 valence electrons. The molecule has 0 saturated heterocycles. The Kier molecular flexibility index (Phi) is 8.38. The highest BCUT2D eigenvalue weighted by Crippen LogP contribution is 2.63. The van der Waals surface area contributed by atoms with Crippen LogP contribution in [0.15, 0.2) is 136 Å². The quantitative estimate of drug-likeness (QED) is 0.119. The van der Waals surface area contributed by atoms with Crippen LogP contribution in [0.5, 0.6) is 0 Å². The molecule has 5 heteroatoms. The summed E-state index contributed by atoms with van der Waals surface area (Å²) in [7, 11) is -3.17. The van der Waals surface area contributed by atoms with Crippen molar-refractivity contribution in [2.45, 2.75) is 25.8 Å². The minimum Gasteiger partial charge on any atom is -0.386 e. The monoisotopic (exact) mass is 705 g/mol. The molecule has 0 aromatic heterocycles. The molecule has 4 aromatic rings. The third-order valence-corrected chi connectivity index (χ3v) is 12.6. The van der Waals surface area contributed by atoms with E-state index < -0.39 is 7.14 Å². The Morgan fingerprint density at radius 1 is 0.886 bits per heavy atom. The molecule has 0 fully saturated rings. The normalized spacial score (nSPS) is 21.2. The lowest BCUT2D eigenvalue weighted by Crippen LogP contribution is -2.21. The molecule has 7 rings (SSSR count). The van der Waals surface area contributed by atoms with Gasteiger partial charge >= 0.3 is 0 Å². The first-order chi connectivity index (χ1) is 21.6. The van der Waals surface area contributed by atoms with E-state index >= 15 is 4.57 Å². The van der Waals surface area contributed by atoms with E-state index in [1.54, 1.807) is 0 Å². The smallest absolute Gasteiger partial charge is 0.173 e. The zero-order valence-corrected chi connectivity index (χ0v) is 27.7. The molecular formula is C39H35IN2OP+. The summed E-state index contributed by atoms with van der Waals surface area (Å²) in [5.41, 5.74) is 7.24. The van der Waals surface area contributed by atoms with Gasteiger partial charge in [0.15, 0.2) is 19.9 Å². The minimum atomic E-state index is -3.17. The number of nitrogens with zero attached hydrogens (tertiary/aromatic N) is 1. The maximum atomic E-state index is 15.7. The van der Waals surface area contributed by atoms with E-state index in [0.717, 1.165) is 75.7 Å². The molecule has 3 aliphatic rings. The van der Waals surface area contributed by atoms with Gasteiger partial charge in [0.1, 0.15) is 6.54 Å². The number of nitrogens with one attached hydrogen (secondary N) is 1. The van der Waals surface area contributed by atoms with Crippen molar-refractivity contribution < 1.29 is 9.14 Å². The standard InChI is InChI=1S/C39H35IN2OP/c40-25-37-36-18-16-34(32-19-21-42(22-20-32)28-30-11-5-2-6-12-30)24-38(36)44(43,35-17-15-31-13-7-8-14-33(31)23-35)39(37)27-41-26-29-9-3-1-4-10-29/h1-5,7-11,13-19,21,23-25,27,41H,6,12,20,22,26,28H2/q+1. The lowest BCUT2D eigenvalue weighted by Gasteiger charge is -2.19. The van der Waals surface area contributed by atoms with Crippen molar-refractivity contribution in [1.82, 2.24) is 5.32 Å². The van der Waals surface area contributed by atoms with Crippen LogP contribution in [0.4, 0.5) is 0 Å². The highest BCUT2D eigenvalue weighted by molar-refractivity contribution is 14.1. The van der Waals surface area contributed by atoms with Gasteiger partial charge in [-0.3, -0.25) is 0 Å². The van der Waals surface area contributed by atoms with Crippen LogP contribution in [0.25, 0.3) is 21.9 Å². The van der Waals surface area contributed by atoms with Gasteiger partial charge in [-0.25, -0.2) is 4.58 Å². The van der Waals surface area contributed by atoms with Crippen LogP contribution in [-0.2, 0) is 11.1 Å². The zero-order chi connectivity index (χ0) is 29.9. The summed E-state index contributed by atoms with van der Waals surface area (Å²) in [6.07, 6.45) is 16.4. The van der Waals surface area contributed by atoms with E-state index in [1.807, 2.05) is 18.3 Å². The summed E-state index contributed by atoms with van der Waals surface area (Å²) in [5.74, 6) is 0. The van der Waals surface area contributed by atoms with Crippen molar-refractivity contribution in [2.24, 2.45) is 0 Å². The molecule has 0 radical (unpaired) electrons. The van der Waals surface area contributed by atoms with Gasteiger partial charge in [0, 0.05) is 46.7 Å². The molecule has 2 aliphatic heterocycles. The Morgan fingerprint density at radius 2 is 1.73 bits per heavy atom. The van der Waals surface area contributed by atoms with E-state index in [4.69, 9.17) is 0 Å². The maximum Gasteiger partial charge on any atom is 0.173 e. The van der Waals surface area contributed by atoms with Crippen molar-refractivity contribution in [3.05, 3.63) is 153 Å². The van der Waals surface area contributed by atoms with Crippen LogP contribution >= 0.6 is 29.7 Å². The van der Waals surface area contributed by atoms with Crippen molar-refractivity contribution >= 4 is 68.5 Å². The molecule has 1 aliphatic carbocycles. The number of hydrogen-bond donors (Lipinski definition) is 1. The lowest BCUT2D eigenvalue weighted by molar-refractivity contribution is -0.514. The third-order valence-electron chi connectivity index (χ3n) is 8.87. The molecule has 44 heavy (non-hydrogen) atoms. The first kappa shape index (κ1) is 29.0. The van der Waals surface area contributed by atoms with Gasteiger partial charge in [-0.15, -0.1) is 0 Å². The molecule has 0 saturated carbocycles. The van der Waals surface area contributed by atoms with Gasteiger partial charge in [-0.1, -0.05) is 120 Å². The van der Waals surface area contributed by atoms with Gasteiger partial charge in [0.25, 0.3) is 0 Å². The lowest BCUT2D eigenvalue weighted by atomic mass is 9.97. The first-order valence-corrected chi connectivity index (χ1v) is 18.2. The average molecular weight is 706 g/mol. The summed E-state index contributed by atoms with van der Waals surface area (Å²) in [6, 6.07) is 31.6. The van der Waals surface area contributed by atoms with E-state index in [9.17, 15) is 0 Å². The number of halogens is 1. The summed E-state index contributed by atoms with van der Waals surface area (Å²) >= 11 is 2.31. The SMILES string of the molecule is O=P1(c2ccc3ccccc3c2)C(=CNCc2ccccc2)C(=CI)c2ccc(C3=CC=[N+](CC4=CC=CCC4)CC3)cc21. The fourth-order valence-corrected chi connectivity index (χ4v) is 10.5. The first-order valence-electron chi connectivity index (χ1n) is 15.3. The van der Waals surface area contributed by atoms with Crippen molar-refractivity contribution in [3.8, 4) is 0 Å². The second kappa shape index (κ2) is 12.7. The van der Waals surface area contributed by atoms with E-state index in [1.165, 1.54) is 16.7 Å². The van der Waals surface area contributed by atoms with E-state index in [0.29, 0.717) is 6.54 Å². The van der Waals surface area contributed by atoms with Crippen LogP contribution < -0.4 is 15.9 Å². The topological polar surface area (TPSA) is 32.1 Å². The zero-order valence-electron chi connectivity index (χ0n) is 24.6. The summed E-state index contributed by atoms with van der Waals surface area (Å²) in [5, 5.41) is 8.45. The second-order valence-corrected chi connectivity index (χ2v) is 15.0. The average Bonchev–Trinajstić information content (AvgIpc) is 3.33. The van der Waals surface area contributed by atoms with Crippen molar-refractivity contribution in [1.29, 1.82) is 0 Å². The summed E-state index contributed by atoms with van der Waals surface area (Å²) in [4.78, 5) is 0. The van der Waals surface area contributed by atoms with Crippen molar-refractivity contribution in [2.75, 3.05) is 13.1 Å². The van der Waals surface area contributed by atoms with E-state index in [-0.39, 0.29) is 0 Å². The third kappa shape index (κ3) is 5.62. The predicted octanol–water partition coefficient (Wildman–Crippen LogP) is 8.72. The van der Waals surface area contributed by atoms with Crippen molar-refractivity contribution in [3.63, 3.8) is 0 Å². The number of benzene rings is 4. The van der Waals surface area contributed by atoms with Crippen LogP contribution in [0.3, 0.4) is 0 Å². The Labute approximate surface area is 273 Å². The molecule has 1 atom stereocenters. The summed E-state index contributed by atoms with van der Waals surface area (Å²) in [6.45, 7) is 2.65. The fourth-order valence-electron chi connectivity index (χ4n) is 6.49. The highest BCUT2D eigenvalue weighted by atomic mass is 127.